The van der Waals surface area contributed by atoms with E-state index in [4.69, 9.17) is 14.2 Å². The number of carbonyl (C=O) groups excluding carboxylic acids is 2. The van der Waals surface area contributed by atoms with Gasteiger partial charge in [-0.15, -0.1) is 0 Å². The molecule has 7 nitrogen and oxygen atoms in total. The van der Waals surface area contributed by atoms with Crippen molar-refractivity contribution in [3.63, 3.8) is 0 Å². The highest BCUT2D eigenvalue weighted by atomic mass is 33.1. The third kappa shape index (κ3) is 13.7. The van der Waals surface area contributed by atoms with Crippen LogP contribution in [0.5, 0.6) is 0 Å². The van der Waals surface area contributed by atoms with Crippen LogP contribution in [-0.4, -0.2) is 87.5 Å². The Hall–Kier alpha value is -0.480. The number of nitrogens with zero attached hydrogens (tertiary/aromatic N) is 1. The highest BCUT2D eigenvalue weighted by Crippen LogP contribution is 2.20. The molecular formula is C17H32N2O5S2. The van der Waals surface area contributed by atoms with E-state index in [1.807, 2.05) is 6.92 Å². The van der Waals surface area contributed by atoms with E-state index in [2.05, 4.69) is 10.2 Å². The lowest BCUT2D eigenvalue weighted by atomic mass is 10.3. The molecule has 0 aliphatic carbocycles. The van der Waals surface area contributed by atoms with Crippen molar-refractivity contribution in [2.45, 2.75) is 26.2 Å². The molecule has 0 unspecified atom stereocenters. The molecule has 0 atom stereocenters. The van der Waals surface area contributed by atoms with Crippen molar-refractivity contribution in [2.75, 3.05) is 70.7 Å². The van der Waals surface area contributed by atoms with Gasteiger partial charge in [0, 0.05) is 50.7 Å². The molecule has 0 aromatic rings. The Labute approximate surface area is 164 Å². The Kier molecular flexibility index (Phi) is 15.1. The monoisotopic (exact) mass is 408 g/mol. The second-order valence-corrected chi connectivity index (χ2v) is 8.49. The molecule has 0 radical (unpaired) electrons. The number of carbonyl (C=O) groups is 2. The number of nitrogens with one attached hydrogen (secondary N) is 1. The first-order valence-electron chi connectivity index (χ1n) is 9.29. The summed E-state index contributed by atoms with van der Waals surface area (Å²) < 4.78 is 15.6. The number of hydrogen-bond donors (Lipinski definition) is 1. The first kappa shape index (κ1) is 23.6. The standard InChI is InChI=1S/C17H32N2O5S2/c1-2-3-16(20)23-12-14-25-26-15-13-24-17(21)4-5-18-6-7-19-8-10-22-11-9-19/h18H,2-15H2,1H3. The number of ether oxygens (including phenoxy) is 3. The Morgan fingerprint density at radius 3 is 2.23 bits per heavy atom. The summed E-state index contributed by atoms with van der Waals surface area (Å²) in [6.07, 6.45) is 1.69. The molecule has 1 aliphatic heterocycles. The van der Waals surface area contributed by atoms with Crippen molar-refractivity contribution in [3.8, 4) is 0 Å². The maximum atomic E-state index is 11.6. The average molecular weight is 409 g/mol. The summed E-state index contributed by atoms with van der Waals surface area (Å²) in [4.78, 5) is 25.1. The van der Waals surface area contributed by atoms with Crippen LogP contribution < -0.4 is 5.32 Å². The third-order valence-corrected chi connectivity index (χ3v) is 5.94. The van der Waals surface area contributed by atoms with Crippen molar-refractivity contribution < 1.29 is 23.8 Å². The topological polar surface area (TPSA) is 77.1 Å². The summed E-state index contributed by atoms with van der Waals surface area (Å²) in [5, 5.41) is 3.27. The van der Waals surface area contributed by atoms with E-state index < -0.39 is 0 Å². The highest BCUT2D eigenvalue weighted by Gasteiger charge is 2.09. The lowest BCUT2D eigenvalue weighted by molar-refractivity contribution is -0.143. The van der Waals surface area contributed by atoms with Crippen LogP contribution in [0.1, 0.15) is 26.2 Å². The van der Waals surface area contributed by atoms with Crippen molar-refractivity contribution in [1.82, 2.24) is 10.2 Å². The third-order valence-electron chi connectivity index (χ3n) is 3.61. The van der Waals surface area contributed by atoms with Gasteiger partial charge in [-0.2, -0.15) is 0 Å². The van der Waals surface area contributed by atoms with Gasteiger partial charge in [-0.1, -0.05) is 28.5 Å². The van der Waals surface area contributed by atoms with Gasteiger partial charge in [-0.05, 0) is 6.42 Å². The second-order valence-electron chi connectivity index (χ2n) is 5.79. The molecule has 0 spiro atoms. The summed E-state index contributed by atoms with van der Waals surface area (Å²) in [7, 11) is 3.25. The van der Waals surface area contributed by atoms with Crippen molar-refractivity contribution >= 4 is 33.5 Å². The zero-order valence-electron chi connectivity index (χ0n) is 15.7. The Bertz CT molecular complexity index is 382. The molecule has 0 aromatic carbocycles. The van der Waals surface area contributed by atoms with Crippen LogP contribution in [0.3, 0.4) is 0 Å². The minimum Gasteiger partial charge on any atom is -0.465 e. The zero-order chi connectivity index (χ0) is 18.9. The number of esters is 2. The van der Waals surface area contributed by atoms with Gasteiger partial charge in [0.05, 0.1) is 19.6 Å². The van der Waals surface area contributed by atoms with E-state index in [-0.39, 0.29) is 11.9 Å². The van der Waals surface area contributed by atoms with Crippen LogP contribution in [0.15, 0.2) is 0 Å². The van der Waals surface area contributed by atoms with Gasteiger partial charge in [-0.3, -0.25) is 14.5 Å². The molecule has 1 aliphatic rings. The summed E-state index contributed by atoms with van der Waals surface area (Å²) in [6.45, 7) is 8.91. The van der Waals surface area contributed by atoms with Crippen LogP contribution >= 0.6 is 21.6 Å². The first-order valence-corrected chi connectivity index (χ1v) is 11.8. The lowest BCUT2D eigenvalue weighted by Gasteiger charge is -2.26. The molecule has 1 saturated heterocycles. The van der Waals surface area contributed by atoms with Gasteiger partial charge >= 0.3 is 11.9 Å². The van der Waals surface area contributed by atoms with E-state index in [1.165, 1.54) is 0 Å². The van der Waals surface area contributed by atoms with Gasteiger partial charge in [-0.25, -0.2) is 0 Å². The normalized spacial score (nSPS) is 15.0. The minimum atomic E-state index is -0.164. The van der Waals surface area contributed by atoms with E-state index in [0.29, 0.717) is 32.6 Å². The molecule has 152 valence electrons. The van der Waals surface area contributed by atoms with Crippen LogP contribution in [0.4, 0.5) is 0 Å². The fraction of sp³-hybridized carbons (Fsp3) is 0.882. The smallest absolute Gasteiger partial charge is 0.307 e. The molecule has 1 fully saturated rings. The summed E-state index contributed by atoms with van der Waals surface area (Å²) >= 11 is 0. The van der Waals surface area contributed by atoms with E-state index in [9.17, 15) is 9.59 Å². The fourth-order valence-corrected chi connectivity index (χ4v) is 3.88. The van der Waals surface area contributed by atoms with Crippen LogP contribution in [0.25, 0.3) is 0 Å². The Morgan fingerprint density at radius 1 is 1.00 bits per heavy atom. The van der Waals surface area contributed by atoms with Gasteiger partial charge < -0.3 is 19.5 Å². The molecule has 1 rings (SSSR count). The van der Waals surface area contributed by atoms with Gasteiger partial charge in [0.2, 0.25) is 0 Å². The zero-order valence-corrected chi connectivity index (χ0v) is 17.3. The van der Waals surface area contributed by atoms with Crippen molar-refractivity contribution in [2.24, 2.45) is 0 Å². The molecule has 0 aromatic heterocycles. The van der Waals surface area contributed by atoms with E-state index >= 15 is 0 Å². The molecule has 0 amide bonds. The largest absolute Gasteiger partial charge is 0.465 e. The average Bonchev–Trinajstić information content (AvgIpc) is 2.64. The van der Waals surface area contributed by atoms with Crippen LogP contribution in [0, 0.1) is 0 Å². The van der Waals surface area contributed by atoms with Crippen molar-refractivity contribution in [1.29, 1.82) is 0 Å². The van der Waals surface area contributed by atoms with Crippen molar-refractivity contribution in [3.05, 3.63) is 0 Å². The highest BCUT2D eigenvalue weighted by molar-refractivity contribution is 8.76. The predicted octanol–water partition coefficient (Wildman–Crippen LogP) is 1.57. The second kappa shape index (κ2) is 16.7. The van der Waals surface area contributed by atoms with Gasteiger partial charge in [0.15, 0.2) is 0 Å². The molecule has 26 heavy (non-hydrogen) atoms. The van der Waals surface area contributed by atoms with Gasteiger partial charge in [0.1, 0.15) is 13.2 Å². The molecule has 9 heteroatoms. The number of hydrogen-bond acceptors (Lipinski definition) is 9. The molecule has 1 heterocycles. The van der Waals surface area contributed by atoms with Crippen LogP contribution in [-0.2, 0) is 23.8 Å². The maximum Gasteiger partial charge on any atom is 0.307 e. The quantitative estimate of drug-likeness (QED) is 0.247. The SMILES string of the molecule is CCCC(=O)OCCSSCCOC(=O)CCNCCN1CCOCC1. The molecular weight excluding hydrogens is 376 g/mol. The predicted molar refractivity (Wildman–Crippen MR) is 106 cm³/mol. The molecule has 0 saturated carbocycles. The number of morpholine rings is 1. The Morgan fingerprint density at radius 2 is 1.62 bits per heavy atom. The number of rotatable bonds is 15. The molecule has 1 N–H and O–H groups in total. The maximum absolute atomic E-state index is 11.6. The van der Waals surface area contributed by atoms with Crippen LogP contribution in [0.2, 0.25) is 0 Å². The van der Waals surface area contributed by atoms with E-state index in [1.54, 1.807) is 21.6 Å². The van der Waals surface area contributed by atoms with Gasteiger partial charge in [0.25, 0.3) is 0 Å². The summed E-state index contributed by atoms with van der Waals surface area (Å²) in [5.41, 5.74) is 0. The Balaban J connectivity index is 1.80. The fourth-order valence-electron chi connectivity index (χ4n) is 2.22. The summed E-state index contributed by atoms with van der Waals surface area (Å²) in [5.74, 6) is 1.19. The van der Waals surface area contributed by atoms with E-state index in [0.717, 1.165) is 57.3 Å². The summed E-state index contributed by atoms with van der Waals surface area (Å²) in [6, 6.07) is 0. The minimum absolute atomic E-state index is 0.134. The first-order chi connectivity index (χ1) is 12.7. The molecule has 0 bridgehead atoms. The lowest BCUT2D eigenvalue weighted by Crippen LogP contribution is -2.40.